The molecule has 180 valence electrons. The largest absolute Gasteiger partial charge is 0.421 e. The number of benzene rings is 2. The molecule has 3 heterocycles. The summed E-state index contributed by atoms with van der Waals surface area (Å²) in [5, 5.41) is 5.94. The van der Waals surface area contributed by atoms with E-state index in [9.17, 15) is 4.79 Å². The van der Waals surface area contributed by atoms with E-state index in [1.54, 1.807) is 49.5 Å². The van der Waals surface area contributed by atoms with Gasteiger partial charge in [-0.05, 0) is 48.9 Å². The maximum atomic E-state index is 15.2. The van der Waals surface area contributed by atoms with Crippen LogP contribution in [-0.4, -0.2) is 32.4 Å². The lowest BCUT2D eigenvalue weighted by atomic mass is 9.96. The van der Waals surface area contributed by atoms with Crippen molar-refractivity contribution >= 4 is 17.5 Å². The standard InChI is InChI=1S/C26H22FN7O2/c1-3-21(35)32-17-7-4-15(5-8-17)23-22(24(19-13-30-19)34-25(28)33-23)16-6-9-20(18(27)12-16)36-26-29-11-10-14(2)31-26/h3-12,19,30H,1,13H2,2H3,(H,32,35)(H2,28,33,34). The molecule has 0 bridgehead atoms. The minimum atomic E-state index is -0.586. The lowest BCUT2D eigenvalue weighted by molar-refractivity contribution is -0.111. The number of nitrogens with one attached hydrogen (secondary N) is 2. The summed E-state index contributed by atoms with van der Waals surface area (Å²) in [5.74, 6) is -0.794. The molecule has 1 fully saturated rings. The Morgan fingerprint density at radius 1 is 1.17 bits per heavy atom. The summed E-state index contributed by atoms with van der Waals surface area (Å²) in [6.07, 6.45) is 2.74. The van der Waals surface area contributed by atoms with E-state index in [1.807, 2.05) is 0 Å². The van der Waals surface area contributed by atoms with Crippen LogP contribution in [-0.2, 0) is 4.79 Å². The van der Waals surface area contributed by atoms with Gasteiger partial charge in [0.25, 0.3) is 0 Å². The Morgan fingerprint density at radius 3 is 2.58 bits per heavy atom. The van der Waals surface area contributed by atoms with Gasteiger partial charge in [-0.15, -0.1) is 0 Å². The van der Waals surface area contributed by atoms with Crippen molar-refractivity contribution in [3.05, 3.63) is 84.6 Å². The number of carbonyl (C=O) groups excluding carboxylic acids is 1. The van der Waals surface area contributed by atoms with Crippen molar-refractivity contribution in [3.63, 3.8) is 0 Å². The molecule has 2 aromatic carbocycles. The van der Waals surface area contributed by atoms with E-state index in [1.165, 1.54) is 18.2 Å². The first-order chi connectivity index (χ1) is 17.4. The second kappa shape index (κ2) is 9.51. The van der Waals surface area contributed by atoms with E-state index < -0.39 is 5.82 Å². The minimum absolute atomic E-state index is 0.00401. The molecule has 1 aliphatic rings. The molecule has 4 aromatic rings. The van der Waals surface area contributed by atoms with Crippen LogP contribution in [0.2, 0.25) is 0 Å². The van der Waals surface area contributed by atoms with Crippen LogP contribution >= 0.6 is 0 Å². The van der Waals surface area contributed by atoms with Gasteiger partial charge in [0.15, 0.2) is 11.6 Å². The zero-order valence-corrected chi connectivity index (χ0v) is 19.3. The number of ether oxygens (including phenoxy) is 1. The van der Waals surface area contributed by atoms with Crippen LogP contribution in [0.25, 0.3) is 22.4 Å². The predicted octanol–water partition coefficient (Wildman–Crippen LogP) is 4.19. The van der Waals surface area contributed by atoms with Crippen molar-refractivity contribution < 1.29 is 13.9 Å². The summed E-state index contributed by atoms with van der Waals surface area (Å²) in [6.45, 7) is 5.98. The monoisotopic (exact) mass is 483 g/mol. The van der Waals surface area contributed by atoms with Gasteiger partial charge in [-0.25, -0.2) is 24.3 Å². The third kappa shape index (κ3) is 4.89. The zero-order valence-electron chi connectivity index (χ0n) is 19.3. The second-order valence-electron chi connectivity index (χ2n) is 8.15. The van der Waals surface area contributed by atoms with Gasteiger partial charge in [-0.3, -0.25) is 4.79 Å². The van der Waals surface area contributed by atoms with Gasteiger partial charge in [0.05, 0.1) is 17.4 Å². The molecule has 10 heteroatoms. The number of aryl methyl sites for hydroxylation is 1. The summed E-state index contributed by atoms with van der Waals surface area (Å²) in [4.78, 5) is 28.7. The molecule has 5 rings (SSSR count). The molecule has 0 radical (unpaired) electrons. The number of amides is 1. The second-order valence-corrected chi connectivity index (χ2v) is 8.15. The highest BCUT2D eigenvalue weighted by Gasteiger charge is 2.30. The molecule has 9 nitrogen and oxygen atoms in total. The summed E-state index contributed by atoms with van der Waals surface area (Å²) in [6, 6.07) is 13.5. The number of anilines is 2. The molecule has 1 atom stereocenters. The summed E-state index contributed by atoms with van der Waals surface area (Å²) >= 11 is 0. The number of nitrogens with zero attached hydrogens (tertiary/aromatic N) is 4. The van der Waals surface area contributed by atoms with Gasteiger partial charge in [0, 0.05) is 35.2 Å². The normalized spacial score (nSPS) is 14.2. The number of hydrogen-bond acceptors (Lipinski definition) is 8. The van der Waals surface area contributed by atoms with Gasteiger partial charge in [0.1, 0.15) is 0 Å². The molecule has 2 aromatic heterocycles. The van der Waals surface area contributed by atoms with Crippen LogP contribution in [0.15, 0.2) is 67.4 Å². The third-order valence-electron chi connectivity index (χ3n) is 5.50. The van der Waals surface area contributed by atoms with Crippen LogP contribution in [0.5, 0.6) is 11.8 Å². The van der Waals surface area contributed by atoms with E-state index in [0.29, 0.717) is 33.9 Å². The van der Waals surface area contributed by atoms with Crippen molar-refractivity contribution in [2.75, 3.05) is 17.6 Å². The zero-order chi connectivity index (χ0) is 25.2. The van der Waals surface area contributed by atoms with Gasteiger partial charge in [-0.2, -0.15) is 0 Å². The van der Waals surface area contributed by atoms with Crippen molar-refractivity contribution in [3.8, 4) is 34.1 Å². The lowest BCUT2D eigenvalue weighted by Crippen LogP contribution is -2.07. The molecule has 1 amide bonds. The summed E-state index contributed by atoms with van der Waals surface area (Å²) in [5.41, 5.74) is 10.5. The highest BCUT2D eigenvalue weighted by atomic mass is 19.1. The topological polar surface area (TPSA) is 138 Å². The van der Waals surface area contributed by atoms with Crippen molar-refractivity contribution in [2.24, 2.45) is 0 Å². The number of aromatic nitrogens is 4. The Balaban J connectivity index is 1.56. The van der Waals surface area contributed by atoms with E-state index in [0.717, 1.165) is 12.1 Å². The number of carbonyl (C=O) groups is 1. The highest BCUT2D eigenvalue weighted by molar-refractivity contribution is 5.99. The average molecular weight is 484 g/mol. The molecule has 0 saturated carbocycles. The molecule has 4 N–H and O–H groups in total. The fraction of sp³-hybridized carbons (Fsp3) is 0.115. The van der Waals surface area contributed by atoms with Crippen LogP contribution in [0.1, 0.15) is 17.4 Å². The maximum absolute atomic E-state index is 15.2. The van der Waals surface area contributed by atoms with E-state index >= 15 is 4.39 Å². The number of nitrogens with two attached hydrogens (primary N) is 1. The van der Waals surface area contributed by atoms with Crippen molar-refractivity contribution in [1.82, 2.24) is 25.3 Å². The Bertz CT molecular complexity index is 1470. The number of hydrogen-bond donors (Lipinski definition) is 3. The minimum Gasteiger partial charge on any atom is -0.421 e. The number of rotatable bonds is 7. The smallest absolute Gasteiger partial charge is 0.322 e. The Morgan fingerprint density at radius 2 is 1.92 bits per heavy atom. The molecule has 1 aliphatic heterocycles. The molecule has 1 unspecified atom stereocenters. The van der Waals surface area contributed by atoms with Crippen LogP contribution in [0.3, 0.4) is 0 Å². The Kier molecular flexibility index (Phi) is 6.09. The molecule has 0 aliphatic carbocycles. The molecular weight excluding hydrogens is 461 g/mol. The van der Waals surface area contributed by atoms with Crippen LogP contribution in [0.4, 0.5) is 16.0 Å². The molecule has 1 saturated heterocycles. The third-order valence-corrected chi connectivity index (χ3v) is 5.50. The Hall–Kier alpha value is -4.70. The Labute approximate surface area is 206 Å². The van der Waals surface area contributed by atoms with Gasteiger partial charge >= 0.3 is 6.01 Å². The first-order valence-electron chi connectivity index (χ1n) is 11.1. The molecule has 0 spiro atoms. The fourth-order valence-corrected chi connectivity index (χ4v) is 3.71. The lowest BCUT2D eigenvalue weighted by Gasteiger charge is -2.15. The predicted molar refractivity (Wildman–Crippen MR) is 134 cm³/mol. The summed E-state index contributed by atoms with van der Waals surface area (Å²) in [7, 11) is 0. The van der Waals surface area contributed by atoms with E-state index in [2.05, 4.69) is 37.1 Å². The fourth-order valence-electron chi connectivity index (χ4n) is 3.71. The average Bonchev–Trinajstić information content (AvgIpc) is 3.71. The number of nitrogen functional groups attached to an aromatic ring is 1. The first-order valence-corrected chi connectivity index (χ1v) is 11.1. The SMILES string of the molecule is C=CC(=O)Nc1ccc(-c2nc(N)nc(C3CN3)c2-c2ccc(Oc3nccc(C)n3)c(F)c2)cc1. The maximum Gasteiger partial charge on any atom is 0.322 e. The van der Waals surface area contributed by atoms with Gasteiger partial charge < -0.3 is 21.1 Å². The summed E-state index contributed by atoms with van der Waals surface area (Å²) < 4.78 is 20.7. The first kappa shape index (κ1) is 23.1. The highest BCUT2D eigenvalue weighted by Crippen LogP contribution is 2.40. The quantitative estimate of drug-likeness (QED) is 0.263. The van der Waals surface area contributed by atoms with E-state index in [4.69, 9.17) is 10.5 Å². The van der Waals surface area contributed by atoms with Crippen molar-refractivity contribution in [1.29, 1.82) is 0 Å². The van der Waals surface area contributed by atoms with Crippen LogP contribution in [0, 0.1) is 12.7 Å². The van der Waals surface area contributed by atoms with Gasteiger partial charge in [0.2, 0.25) is 11.9 Å². The number of halogens is 1. The molecular formula is C26H22FN7O2. The van der Waals surface area contributed by atoms with E-state index in [-0.39, 0.29) is 29.7 Å². The van der Waals surface area contributed by atoms with Gasteiger partial charge in [-0.1, -0.05) is 24.8 Å². The van der Waals surface area contributed by atoms with Crippen LogP contribution < -0.4 is 21.1 Å². The molecule has 36 heavy (non-hydrogen) atoms. The van der Waals surface area contributed by atoms with Crippen molar-refractivity contribution in [2.45, 2.75) is 13.0 Å².